The van der Waals surface area contributed by atoms with Crippen LogP contribution in [0.1, 0.15) is 6.92 Å². The van der Waals surface area contributed by atoms with Gasteiger partial charge in [-0.05, 0) is 12.1 Å². The lowest BCUT2D eigenvalue weighted by Crippen LogP contribution is -2.50. The van der Waals surface area contributed by atoms with Crippen LogP contribution < -0.4 is 5.32 Å². The maximum atomic E-state index is 12.1. The van der Waals surface area contributed by atoms with Gasteiger partial charge in [-0.25, -0.2) is 0 Å². The standard InChI is InChI=1S/C13H18N6O2/c1-13(7-21-8-13)6-18(2)12(20)5-14-10-3-4-11-16-15-9-19(11)17-10/h3-4,9H,5-8H2,1-2H3,(H,14,17). The SMILES string of the molecule is CN(CC1(C)COC1)C(=O)CNc1ccc2nncn2n1. The Morgan fingerprint density at radius 3 is 3.05 bits per heavy atom. The van der Waals surface area contributed by atoms with Crippen LogP contribution in [-0.4, -0.2) is 64.0 Å². The molecule has 0 radical (unpaired) electrons. The van der Waals surface area contributed by atoms with Gasteiger partial charge in [-0.1, -0.05) is 6.92 Å². The molecule has 0 atom stereocenters. The molecule has 1 aliphatic rings. The fourth-order valence-electron chi connectivity index (χ4n) is 2.33. The van der Waals surface area contributed by atoms with Crippen LogP contribution in [0.15, 0.2) is 18.5 Å². The van der Waals surface area contributed by atoms with Crippen LogP contribution in [0.2, 0.25) is 0 Å². The largest absolute Gasteiger partial charge is 0.380 e. The summed E-state index contributed by atoms with van der Waals surface area (Å²) in [6.07, 6.45) is 1.52. The Hall–Kier alpha value is -2.22. The summed E-state index contributed by atoms with van der Waals surface area (Å²) in [6.45, 7) is 4.45. The van der Waals surface area contributed by atoms with Crippen molar-refractivity contribution in [1.82, 2.24) is 24.7 Å². The van der Waals surface area contributed by atoms with Crippen molar-refractivity contribution in [3.8, 4) is 0 Å². The van der Waals surface area contributed by atoms with E-state index in [0.29, 0.717) is 31.2 Å². The van der Waals surface area contributed by atoms with Crippen molar-refractivity contribution < 1.29 is 9.53 Å². The number of hydrogen-bond donors (Lipinski definition) is 1. The van der Waals surface area contributed by atoms with Gasteiger partial charge in [-0.3, -0.25) is 4.79 Å². The van der Waals surface area contributed by atoms with E-state index in [1.54, 1.807) is 21.5 Å². The number of nitrogens with one attached hydrogen (secondary N) is 1. The van der Waals surface area contributed by atoms with Gasteiger partial charge >= 0.3 is 0 Å². The van der Waals surface area contributed by atoms with Crippen molar-refractivity contribution in [2.45, 2.75) is 6.92 Å². The van der Waals surface area contributed by atoms with Gasteiger partial charge in [0.15, 0.2) is 5.65 Å². The van der Waals surface area contributed by atoms with Crippen molar-refractivity contribution in [2.75, 3.05) is 38.7 Å². The van der Waals surface area contributed by atoms with Crippen LogP contribution >= 0.6 is 0 Å². The van der Waals surface area contributed by atoms with E-state index in [0.717, 1.165) is 0 Å². The number of ether oxygens (including phenoxy) is 1. The van der Waals surface area contributed by atoms with Gasteiger partial charge in [0, 0.05) is 19.0 Å². The summed E-state index contributed by atoms with van der Waals surface area (Å²) < 4.78 is 6.76. The van der Waals surface area contributed by atoms with E-state index in [4.69, 9.17) is 4.74 Å². The molecule has 2 aromatic rings. The van der Waals surface area contributed by atoms with Crippen LogP contribution in [0, 0.1) is 5.41 Å². The van der Waals surface area contributed by atoms with E-state index in [1.807, 2.05) is 7.05 Å². The summed E-state index contributed by atoms with van der Waals surface area (Å²) in [7, 11) is 1.81. The lowest BCUT2D eigenvalue weighted by molar-refractivity contribution is -0.140. The van der Waals surface area contributed by atoms with E-state index in [2.05, 4.69) is 27.5 Å². The van der Waals surface area contributed by atoms with Gasteiger partial charge in [0.25, 0.3) is 0 Å². The second-order valence-electron chi connectivity index (χ2n) is 5.76. The molecule has 0 saturated carbocycles. The second kappa shape index (κ2) is 5.28. The minimum atomic E-state index is 0.0220. The first-order chi connectivity index (χ1) is 10.1. The number of fused-ring (bicyclic) bond motifs is 1. The molecule has 2 aromatic heterocycles. The zero-order valence-electron chi connectivity index (χ0n) is 12.1. The van der Waals surface area contributed by atoms with Gasteiger partial charge in [-0.15, -0.1) is 15.3 Å². The number of rotatable bonds is 5. The third-order valence-corrected chi connectivity index (χ3v) is 3.53. The van der Waals surface area contributed by atoms with Crippen molar-refractivity contribution >= 4 is 17.4 Å². The molecule has 3 heterocycles. The lowest BCUT2D eigenvalue weighted by atomic mass is 9.88. The van der Waals surface area contributed by atoms with Crippen LogP contribution in [0.5, 0.6) is 0 Å². The predicted octanol–water partition coefficient (Wildman–Crippen LogP) is 0.0311. The Kier molecular flexibility index (Phi) is 3.46. The fourth-order valence-corrected chi connectivity index (χ4v) is 2.33. The molecule has 0 aliphatic carbocycles. The van der Waals surface area contributed by atoms with Crippen LogP contribution in [-0.2, 0) is 9.53 Å². The molecule has 1 saturated heterocycles. The minimum absolute atomic E-state index is 0.0220. The highest BCUT2D eigenvalue weighted by Crippen LogP contribution is 2.27. The molecule has 0 bridgehead atoms. The minimum Gasteiger partial charge on any atom is -0.380 e. The smallest absolute Gasteiger partial charge is 0.241 e. The molecule has 1 N–H and O–H groups in total. The highest BCUT2D eigenvalue weighted by Gasteiger charge is 2.35. The molecule has 112 valence electrons. The normalized spacial score (nSPS) is 16.5. The maximum Gasteiger partial charge on any atom is 0.241 e. The van der Waals surface area contributed by atoms with Crippen LogP contribution in [0.25, 0.3) is 5.65 Å². The molecule has 8 nitrogen and oxygen atoms in total. The molecule has 3 rings (SSSR count). The van der Waals surface area contributed by atoms with Crippen LogP contribution in [0.4, 0.5) is 5.82 Å². The fraction of sp³-hybridized carbons (Fsp3) is 0.538. The molecule has 1 amide bonds. The van der Waals surface area contributed by atoms with Crippen molar-refractivity contribution in [3.63, 3.8) is 0 Å². The first-order valence-corrected chi connectivity index (χ1v) is 6.78. The zero-order chi connectivity index (χ0) is 14.9. The number of anilines is 1. The number of nitrogens with zero attached hydrogens (tertiary/aromatic N) is 5. The third kappa shape index (κ3) is 2.94. The lowest BCUT2D eigenvalue weighted by Gasteiger charge is -2.40. The Morgan fingerprint density at radius 2 is 2.33 bits per heavy atom. The summed E-state index contributed by atoms with van der Waals surface area (Å²) in [5, 5.41) is 14.9. The number of carbonyl (C=O) groups is 1. The van der Waals surface area contributed by atoms with E-state index in [1.165, 1.54) is 6.33 Å². The summed E-state index contributed by atoms with van der Waals surface area (Å²) in [5.74, 6) is 0.635. The van der Waals surface area contributed by atoms with E-state index in [9.17, 15) is 4.79 Å². The quantitative estimate of drug-likeness (QED) is 0.836. The summed E-state index contributed by atoms with van der Waals surface area (Å²) in [4.78, 5) is 13.8. The maximum absolute atomic E-state index is 12.1. The summed E-state index contributed by atoms with van der Waals surface area (Å²) in [5.41, 5.74) is 0.756. The molecular weight excluding hydrogens is 272 g/mol. The first kappa shape index (κ1) is 13.7. The van der Waals surface area contributed by atoms with Crippen molar-refractivity contribution in [3.05, 3.63) is 18.5 Å². The van der Waals surface area contributed by atoms with Gasteiger partial charge in [0.1, 0.15) is 12.1 Å². The Bertz CT molecular complexity index is 651. The first-order valence-electron chi connectivity index (χ1n) is 6.78. The number of hydrogen-bond acceptors (Lipinski definition) is 6. The molecule has 1 aliphatic heterocycles. The number of amides is 1. The van der Waals surface area contributed by atoms with E-state index >= 15 is 0 Å². The van der Waals surface area contributed by atoms with Crippen LogP contribution in [0.3, 0.4) is 0 Å². The molecule has 0 spiro atoms. The molecule has 0 aromatic carbocycles. The van der Waals surface area contributed by atoms with Gasteiger partial charge in [0.05, 0.1) is 19.8 Å². The highest BCUT2D eigenvalue weighted by molar-refractivity contribution is 5.80. The predicted molar refractivity (Wildman–Crippen MR) is 75.8 cm³/mol. The summed E-state index contributed by atoms with van der Waals surface area (Å²) in [6, 6.07) is 3.57. The molecular formula is C13H18N6O2. The molecule has 1 fully saturated rings. The zero-order valence-corrected chi connectivity index (χ0v) is 12.1. The van der Waals surface area contributed by atoms with E-state index in [-0.39, 0.29) is 17.9 Å². The molecule has 0 unspecified atom stereocenters. The van der Waals surface area contributed by atoms with Gasteiger partial charge in [0.2, 0.25) is 5.91 Å². The third-order valence-electron chi connectivity index (χ3n) is 3.53. The second-order valence-corrected chi connectivity index (χ2v) is 5.76. The van der Waals surface area contributed by atoms with Crippen molar-refractivity contribution in [2.24, 2.45) is 5.41 Å². The van der Waals surface area contributed by atoms with E-state index < -0.39 is 0 Å². The average molecular weight is 290 g/mol. The van der Waals surface area contributed by atoms with Crippen molar-refractivity contribution in [1.29, 1.82) is 0 Å². The highest BCUT2D eigenvalue weighted by atomic mass is 16.5. The average Bonchev–Trinajstić information content (AvgIpc) is 2.90. The molecule has 21 heavy (non-hydrogen) atoms. The number of carbonyl (C=O) groups excluding carboxylic acids is 1. The molecule has 8 heteroatoms. The Morgan fingerprint density at radius 1 is 1.52 bits per heavy atom. The summed E-state index contributed by atoms with van der Waals surface area (Å²) >= 11 is 0. The Balaban J connectivity index is 1.54. The topological polar surface area (TPSA) is 84.6 Å². The number of likely N-dealkylation sites (N-methyl/N-ethyl adjacent to an activating group) is 1. The monoisotopic (exact) mass is 290 g/mol. The number of aromatic nitrogens is 4. The Labute approximate surface area is 122 Å². The van der Waals surface area contributed by atoms with Gasteiger partial charge < -0.3 is 15.0 Å². The van der Waals surface area contributed by atoms with Gasteiger partial charge in [-0.2, -0.15) is 4.52 Å².